The maximum atomic E-state index is 12.3. The van der Waals surface area contributed by atoms with Crippen LogP contribution in [0.3, 0.4) is 0 Å². The minimum Gasteiger partial charge on any atom is -0.465 e. The number of nitrogens with one attached hydrogen (secondary N) is 1. The van der Waals surface area contributed by atoms with Crippen molar-refractivity contribution in [3.63, 3.8) is 0 Å². The summed E-state index contributed by atoms with van der Waals surface area (Å²) in [5, 5.41) is 2.87. The summed E-state index contributed by atoms with van der Waals surface area (Å²) in [4.78, 5) is 30.1. The maximum Gasteiger partial charge on any atom is 0.337 e. The van der Waals surface area contributed by atoms with Crippen molar-refractivity contribution < 1.29 is 14.3 Å². The number of ether oxygens (including phenoxy) is 1. The molecule has 1 heterocycles. The van der Waals surface area contributed by atoms with E-state index in [4.69, 9.17) is 0 Å². The molecule has 7 heteroatoms. The van der Waals surface area contributed by atoms with Crippen molar-refractivity contribution in [2.45, 2.75) is 0 Å². The Bertz CT molecular complexity index is 551. The quantitative estimate of drug-likeness (QED) is 0.819. The fourth-order valence-electron chi connectivity index (χ4n) is 2.53. The number of hydrogen-bond acceptors (Lipinski definition) is 5. The number of piperazine rings is 1. The van der Waals surface area contributed by atoms with Crippen molar-refractivity contribution in [2.24, 2.45) is 0 Å². The van der Waals surface area contributed by atoms with E-state index in [2.05, 4.69) is 33.9 Å². The molecule has 2 rings (SSSR count). The van der Waals surface area contributed by atoms with Gasteiger partial charge in [0.05, 0.1) is 12.7 Å². The maximum absolute atomic E-state index is 12.3. The largest absolute Gasteiger partial charge is 0.465 e. The van der Waals surface area contributed by atoms with Crippen LogP contribution in [0.4, 0.5) is 10.5 Å². The molecule has 1 aliphatic rings. The van der Waals surface area contributed by atoms with Crippen LogP contribution in [0.25, 0.3) is 0 Å². The molecule has 2 amide bonds. The van der Waals surface area contributed by atoms with Gasteiger partial charge < -0.3 is 19.9 Å². The Morgan fingerprint density at radius 3 is 2.29 bits per heavy atom. The highest BCUT2D eigenvalue weighted by Crippen LogP contribution is 2.12. The molecule has 0 saturated carbocycles. The predicted octanol–water partition coefficient (Wildman–Crippen LogP) is 1.18. The molecule has 1 saturated heterocycles. The molecule has 1 aliphatic heterocycles. The first-order valence-corrected chi connectivity index (χ1v) is 8.11. The molecule has 0 aromatic heterocycles. The van der Waals surface area contributed by atoms with Crippen LogP contribution in [0, 0.1) is 0 Å². The molecule has 0 unspecified atom stereocenters. The van der Waals surface area contributed by atoms with E-state index in [-0.39, 0.29) is 12.0 Å². The predicted molar refractivity (Wildman–Crippen MR) is 93.4 cm³/mol. The van der Waals surface area contributed by atoms with Crippen LogP contribution in [0.5, 0.6) is 0 Å². The molecular formula is C17H26N4O3. The number of amides is 2. The van der Waals surface area contributed by atoms with Crippen molar-refractivity contribution >= 4 is 17.7 Å². The lowest BCUT2D eigenvalue weighted by Crippen LogP contribution is -2.51. The molecule has 0 aliphatic carbocycles. The molecule has 0 radical (unpaired) electrons. The van der Waals surface area contributed by atoms with E-state index in [1.54, 1.807) is 24.3 Å². The summed E-state index contributed by atoms with van der Waals surface area (Å²) in [7, 11) is 5.47. The van der Waals surface area contributed by atoms with Gasteiger partial charge in [0.1, 0.15) is 0 Å². The topological polar surface area (TPSA) is 65.1 Å². The summed E-state index contributed by atoms with van der Waals surface area (Å²) in [5.74, 6) is -0.387. The standard InChI is InChI=1S/C17H26N4O3/c1-19(2)8-9-20-10-12-21(13-11-20)17(23)18-15-6-4-14(5-7-15)16(22)24-3/h4-7H,8-13H2,1-3H3,(H,18,23). The number of nitrogens with zero attached hydrogens (tertiary/aromatic N) is 3. The van der Waals surface area contributed by atoms with Crippen molar-refractivity contribution in [3.8, 4) is 0 Å². The summed E-state index contributed by atoms with van der Waals surface area (Å²) in [6.45, 7) is 5.28. The number of carbonyl (C=O) groups excluding carboxylic acids is 2. The zero-order valence-corrected chi connectivity index (χ0v) is 14.6. The molecule has 0 atom stereocenters. The van der Waals surface area contributed by atoms with Crippen molar-refractivity contribution in [1.82, 2.24) is 14.7 Å². The SMILES string of the molecule is COC(=O)c1ccc(NC(=O)N2CCN(CCN(C)C)CC2)cc1. The first-order valence-electron chi connectivity index (χ1n) is 8.11. The molecule has 1 fully saturated rings. The second-order valence-corrected chi connectivity index (χ2v) is 6.13. The Hall–Kier alpha value is -2.12. The number of hydrogen-bond donors (Lipinski definition) is 1. The smallest absolute Gasteiger partial charge is 0.337 e. The molecule has 24 heavy (non-hydrogen) atoms. The van der Waals surface area contributed by atoms with Crippen molar-refractivity contribution in [2.75, 3.05) is 65.8 Å². The lowest BCUT2D eigenvalue weighted by atomic mass is 10.2. The minimum atomic E-state index is -0.387. The molecule has 1 aromatic carbocycles. The molecule has 0 spiro atoms. The van der Waals surface area contributed by atoms with Gasteiger partial charge in [-0.3, -0.25) is 4.90 Å². The van der Waals surface area contributed by atoms with Crippen LogP contribution in [0.15, 0.2) is 24.3 Å². The zero-order chi connectivity index (χ0) is 17.5. The molecule has 7 nitrogen and oxygen atoms in total. The fourth-order valence-corrected chi connectivity index (χ4v) is 2.53. The Kier molecular flexibility index (Phi) is 6.57. The average molecular weight is 334 g/mol. The zero-order valence-electron chi connectivity index (χ0n) is 14.6. The highest BCUT2D eigenvalue weighted by molar-refractivity contribution is 5.92. The number of anilines is 1. The van der Waals surface area contributed by atoms with E-state index in [9.17, 15) is 9.59 Å². The first kappa shape index (κ1) is 18.2. The number of urea groups is 1. The van der Waals surface area contributed by atoms with Crippen LogP contribution in [-0.2, 0) is 4.74 Å². The van der Waals surface area contributed by atoms with Gasteiger partial charge >= 0.3 is 12.0 Å². The Morgan fingerprint density at radius 1 is 1.12 bits per heavy atom. The van der Waals surface area contributed by atoms with Gasteiger partial charge in [-0.1, -0.05) is 0 Å². The number of methoxy groups -OCH3 is 1. The second-order valence-electron chi connectivity index (χ2n) is 6.13. The third kappa shape index (κ3) is 5.21. The van der Waals surface area contributed by atoms with E-state index in [1.165, 1.54) is 7.11 Å². The Labute approximate surface area is 143 Å². The van der Waals surface area contributed by atoms with Gasteiger partial charge in [-0.05, 0) is 38.4 Å². The normalized spacial score (nSPS) is 15.4. The summed E-state index contributed by atoms with van der Waals surface area (Å²) in [6.07, 6.45) is 0. The van der Waals surface area contributed by atoms with Crippen LogP contribution in [0.2, 0.25) is 0 Å². The molecule has 1 aromatic rings. The Morgan fingerprint density at radius 2 is 1.75 bits per heavy atom. The monoisotopic (exact) mass is 334 g/mol. The van der Waals surface area contributed by atoms with E-state index >= 15 is 0 Å². The van der Waals surface area contributed by atoms with E-state index < -0.39 is 0 Å². The number of rotatable bonds is 5. The number of likely N-dealkylation sites (N-methyl/N-ethyl adjacent to an activating group) is 1. The summed E-state index contributed by atoms with van der Waals surface area (Å²) in [6, 6.07) is 6.59. The number of carbonyl (C=O) groups is 2. The number of esters is 1. The minimum absolute atomic E-state index is 0.104. The molecule has 132 valence electrons. The van der Waals surface area contributed by atoms with Gasteiger partial charge in [0.25, 0.3) is 0 Å². The molecule has 1 N–H and O–H groups in total. The second kappa shape index (κ2) is 8.65. The van der Waals surface area contributed by atoms with Gasteiger partial charge in [-0.15, -0.1) is 0 Å². The van der Waals surface area contributed by atoms with Gasteiger partial charge in [0.15, 0.2) is 0 Å². The van der Waals surface area contributed by atoms with Crippen LogP contribution in [-0.4, -0.2) is 87.2 Å². The lowest BCUT2D eigenvalue weighted by Gasteiger charge is -2.35. The van der Waals surface area contributed by atoms with Crippen molar-refractivity contribution in [3.05, 3.63) is 29.8 Å². The molecule has 0 bridgehead atoms. The van der Waals surface area contributed by atoms with Gasteiger partial charge in [-0.25, -0.2) is 9.59 Å². The highest BCUT2D eigenvalue weighted by Gasteiger charge is 2.21. The number of benzene rings is 1. The van der Waals surface area contributed by atoms with Gasteiger partial charge in [-0.2, -0.15) is 0 Å². The highest BCUT2D eigenvalue weighted by atomic mass is 16.5. The lowest BCUT2D eigenvalue weighted by molar-refractivity contribution is 0.0600. The van der Waals surface area contributed by atoms with E-state index in [1.807, 2.05) is 4.90 Å². The van der Waals surface area contributed by atoms with Gasteiger partial charge in [0.2, 0.25) is 0 Å². The average Bonchev–Trinajstić information content (AvgIpc) is 2.60. The van der Waals surface area contributed by atoms with E-state index in [0.717, 1.165) is 39.3 Å². The van der Waals surface area contributed by atoms with Crippen LogP contribution in [0.1, 0.15) is 10.4 Å². The summed E-state index contributed by atoms with van der Waals surface area (Å²) >= 11 is 0. The van der Waals surface area contributed by atoms with Crippen LogP contribution >= 0.6 is 0 Å². The fraction of sp³-hybridized carbons (Fsp3) is 0.529. The first-order chi connectivity index (χ1) is 11.5. The Balaban J connectivity index is 1.80. The summed E-state index contributed by atoms with van der Waals surface area (Å²) in [5.41, 5.74) is 1.13. The third-order valence-electron chi connectivity index (χ3n) is 4.08. The third-order valence-corrected chi connectivity index (χ3v) is 4.08. The van der Waals surface area contributed by atoms with Crippen molar-refractivity contribution in [1.29, 1.82) is 0 Å². The van der Waals surface area contributed by atoms with E-state index in [0.29, 0.717) is 11.3 Å². The van der Waals surface area contributed by atoms with Crippen LogP contribution < -0.4 is 5.32 Å². The van der Waals surface area contributed by atoms with Gasteiger partial charge in [0, 0.05) is 45.0 Å². The summed E-state index contributed by atoms with van der Waals surface area (Å²) < 4.78 is 4.65. The molecular weight excluding hydrogens is 308 g/mol.